The lowest BCUT2D eigenvalue weighted by molar-refractivity contribution is -0.149. The van der Waals surface area contributed by atoms with Crippen LogP contribution in [0, 0.1) is 5.92 Å². The van der Waals surface area contributed by atoms with E-state index in [0.29, 0.717) is 0 Å². The zero-order valence-electron chi connectivity index (χ0n) is 12.9. The van der Waals surface area contributed by atoms with Crippen LogP contribution in [0.25, 0.3) is 10.8 Å². The van der Waals surface area contributed by atoms with Crippen molar-refractivity contribution in [2.24, 2.45) is 5.92 Å². The molecule has 1 aliphatic heterocycles. The van der Waals surface area contributed by atoms with Crippen molar-refractivity contribution in [3.63, 3.8) is 0 Å². The van der Waals surface area contributed by atoms with E-state index < -0.39 is 5.60 Å². The molecule has 1 amide bonds. The lowest BCUT2D eigenvalue weighted by Crippen LogP contribution is -2.39. The summed E-state index contributed by atoms with van der Waals surface area (Å²) in [6.07, 6.45) is 3.83. The van der Waals surface area contributed by atoms with Gasteiger partial charge in [-0.05, 0) is 37.1 Å². The molecular weight excluding hydrogens is 290 g/mol. The lowest BCUT2D eigenvalue weighted by atomic mass is 9.85. The van der Waals surface area contributed by atoms with Gasteiger partial charge in [0.2, 0.25) is 5.91 Å². The van der Waals surface area contributed by atoms with Crippen molar-refractivity contribution in [2.75, 3.05) is 5.32 Å². The highest BCUT2D eigenvalue weighted by Gasteiger charge is 2.53. The molecule has 0 unspecified atom stereocenters. The minimum absolute atomic E-state index is 0.103. The van der Waals surface area contributed by atoms with Gasteiger partial charge in [-0.2, -0.15) is 0 Å². The maximum absolute atomic E-state index is 12.8. The number of anilines is 1. The van der Waals surface area contributed by atoms with Gasteiger partial charge >= 0.3 is 5.97 Å². The summed E-state index contributed by atoms with van der Waals surface area (Å²) in [5.41, 5.74) is 0.228. The van der Waals surface area contributed by atoms with E-state index in [4.69, 9.17) is 4.74 Å². The highest BCUT2D eigenvalue weighted by atomic mass is 16.6. The number of fused-ring (bicyclic) bond motifs is 1. The predicted octanol–water partition coefficient (Wildman–Crippen LogP) is 3.65. The molecule has 1 aliphatic carbocycles. The number of amides is 1. The molecule has 4 nitrogen and oxygen atoms in total. The van der Waals surface area contributed by atoms with Crippen LogP contribution in [0.15, 0.2) is 42.5 Å². The van der Waals surface area contributed by atoms with Crippen LogP contribution in [0.2, 0.25) is 0 Å². The first kappa shape index (κ1) is 14.2. The molecule has 0 radical (unpaired) electrons. The van der Waals surface area contributed by atoms with E-state index in [2.05, 4.69) is 5.32 Å². The van der Waals surface area contributed by atoms with Crippen LogP contribution in [0.1, 0.15) is 32.1 Å². The van der Waals surface area contributed by atoms with Crippen molar-refractivity contribution in [1.29, 1.82) is 0 Å². The minimum Gasteiger partial charge on any atom is -0.458 e. The smallest absolute Gasteiger partial charge is 0.307 e. The van der Waals surface area contributed by atoms with Crippen LogP contribution in [0.5, 0.6) is 0 Å². The molecule has 2 aromatic rings. The average molecular weight is 309 g/mol. The Balaban J connectivity index is 1.63. The summed E-state index contributed by atoms with van der Waals surface area (Å²) in [5.74, 6) is -0.726. The molecule has 23 heavy (non-hydrogen) atoms. The van der Waals surface area contributed by atoms with Gasteiger partial charge in [-0.3, -0.25) is 9.59 Å². The zero-order valence-corrected chi connectivity index (χ0v) is 12.9. The fourth-order valence-corrected chi connectivity index (χ4v) is 4.00. The Kier molecular flexibility index (Phi) is 3.33. The maximum atomic E-state index is 12.8. The van der Waals surface area contributed by atoms with E-state index in [1.807, 2.05) is 42.5 Å². The molecule has 1 saturated carbocycles. The Labute approximate surface area is 134 Å². The third-order valence-electron chi connectivity index (χ3n) is 5.14. The Morgan fingerprint density at radius 1 is 1.09 bits per heavy atom. The fraction of sp³-hybridized carbons (Fsp3) is 0.368. The summed E-state index contributed by atoms with van der Waals surface area (Å²) in [7, 11) is 0. The number of rotatable bonds is 2. The molecular formula is C19H19NO3. The van der Waals surface area contributed by atoms with Gasteiger partial charge in [-0.1, -0.05) is 36.4 Å². The number of ether oxygens (including phenoxy) is 1. The molecule has 1 atom stereocenters. The number of benzene rings is 2. The van der Waals surface area contributed by atoms with Gasteiger partial charge in [-0.15, -0.1) is 0 Å². The van der Waals surface area contributed by atoms with Crippen molar-refractivity contribution >= 4 is 28.3 Å². The zero-order chi connectivity index (χ0) is 15.9. The number of carbonyl (C=O) groups is 2. The minimum atomic E-state index is -0.564. The van der Waals surface area contributed by atoms with E-state index in [-0.39, 0.29) is 24.2 Å². The van der Waals surface area contributed by atoms with E-state index in [1.165, 1.54) is 0 Å². The third-order valence-corrected chi connectivity index (χ3v) is 5.14. The van der Waals surface area contributed by atoms with E-state index >= 15 is 0 Å². The van der Waals surface area contributed by atoms with Gasteiger partial charge < -0.3 is 10.1 Å². The largest absolute Gasteiger partial charge is 0.458 e. The summed E-state index contributed by atoms with van der Waals surface area (Å²) >= 11 is 0. The molecule has 2 fully saturated rings. The van der Waals surface area contributed by atoms with E-state index in [9.17, 15) is 9.59 Å². The van der Waals surface area contributed by atoms with E-state index in [1.54, 1.807) is 0 Å². The second-order valence-electron chi connectivity index (χ2n) is 6.52. The Morgan fingerprint density at radius 2 is 1.83 bits per heavy atom. The molecule has 0 bridgehead atoms. The quantitative estimate of drug-likeness (QED) is 0.861. The third kappa shape index (κ3) is 2.38. The number of hydrogen-bond donors (Lipinski definition) is 1. The van der Waals surface area contributed by atoms with Crippen LogP contribution in [-0.2, 0) is 14.3 Å². The highest BCUT2D eigenvalue weighted by molar-refractivity contribution is 6.04. The standard InChI is InChI=1S/C19H19NO3/c21-17-12-15(19(23-17)10-3-4-11-19)18(22)20-16-9-5-7-13-6-1-2-8-14(13)16/h1-2,5-9,15H,3-4,10-12H2,(H,20,22)/t15-/m0/s1. The second-order valence-corrected chi connectivity index (χ2v) is 6.52. The van der Waals surface area contributed by atoms with Crippen LogP contribution < -0.4 is 5.32 Å². The molecule has 1 saturated heterocycles. The summed E-state index contributed by atoms with van der Waals surface area (Å²) in [4.78, 5) is 24.6. The van der Waals surface area contributed by atoms with Gasteiger partial charge in [0.05, 0.1) is 12.3 Å². The first-order valence-corrected chi connectivity index (χ1v) is 8.18. The summed E-state index contributed by atoms with van der Waals surface area (Å²) < 4.78 is 5.57. The molecule has 1 heterocycles. The van der Waals surface area contributed by atoms with Crippen molar-refractivity contribution in [3.8, 4) is 0 Å². The Bertz CT molecular complexity index is 772. The first-order chi connectivity index (χ1) is 11.2. The average Bonchev–Trinajstić information content (AvgIpc) is 3.15. The molecule has 2 aliphatic rings. The molecule has 1 N–H and O–H groups in total. The van der Waals surface area contributed by atoms with Crippen molar-refractivity contribution in [1.82, 2.24) is 0 Å². The highest BCUT2D eigenvalue weighted by Crippen LogP contribution is 2.46. The predicted molar refractivity (Wildman–Crippen MR) is 88.0 cm³/mol. The summed E-state index contributed by atoms with van der Waals surface area (Å²) in [6.45, 7) is 0. The van der Waals surface area contributed by atoms with Crippen LogP contribution >= 0.6 is 0 Å². The fourth-order valence-electron chi connectivity index (χ4n) is 4.00. The van der Waals surface area contributed by atoms with Crippen LogP contribution in [0.3, 0.4) is 0 Å². The number of carbonyl (C=O) groups excluding carboxylic acids is 2. The molecule has 118 valence electrons. The van der Waals surface area contributed by atoms with Crippen molar-refractivity contribution in [3.05, 3.63) is 42.5 Å². The normalized spacial score (nSPS) is 22.4. The van der Waals surface area contributed by atoms with Crippen molar-refractivity contribution < 1.29 is 14.3 Å². The number of esters is 1. The molecule has 0 aromatic heterocycles. The number of hydrogen-bond acceptors (Lipinski definition) is 3. The van der Waals surface area contributed by atoms with E-state index in [0.717, 1.165) is 42.1 Å². The topological polar surface area (TPSA) is 55.4 Å². The maximum Gasteiger partial charge on any atom is 0.307 e. The summed E-state index contributed by atoms with van der Waals surface area (Å²) in [5, 5.41) is 5.12. The van der Waals surface area contributed by atoms with Gasteiger partial charge in [-0.25, -0.2) is 0 Å². The van der Waals surface area contributed by atoms with Gasteiger partial charge in [0.15, 0.2) is 0 Å². The Morgan fingerprint density at radius 3 is 2.65 bits per heavy atom. The van der Waals surface area contributed by atoms with Crippen molar-refractivity contribution in [2.45, 2.75) is 37.7 Å². The van der Waals surface area contributed by atoms with Crippen LogP contribution in [-0.4, -0.2) is 17.5 Å². The van der Waals surface area contributed by atoms with Gasteiger partial charge in [0.25, 0.3) is 0 Å². The monoisotopic (exact) mass is 309 g/mol. The molecule has 1 spiro atoms. The molecule has 2 aromatic carbocycles. The number of nitrogens with one attached hydrogen (secondary N) is 1. The van der Waals surface area contributed by atoms with Crippen LogP contribution in [0.4, 0.5) is 5.69 Å². The lowest BCUT2D eigenvalue weighted by Gasteiger charge is -2.28. The van der Waals surface area contributed by atoms with Gasteiger partial charge in [0.1, 0.15) is 5.60 Å². The molecule has 4 heteroatoms. The SMILES string of the molecule is O=C1C[C@@H](C(=O)Nc2cccc3ccccc23)C2(CCCC2)O1. The van der Waals surface area contributed by atoms with Gasteiger partial charge in [0, 0.05) is 11.1 Å². The first-order valence-electron chi connectivity index (χ1n) is 8.18. The Hall–Kier alpha value is -2.36. The second kappa shape index (κ2) is 5.37. The summed E-state index contributed by atoms with van der Waals surface area (Å²) in [6, 6.07) is 13.8. The molecule has 4 rings (SSSR count).